The fourth-order valence-electron chi connectivity index (χ4n) is 3.58. The van der Waals surface area contributed by atoms with Gasteiger partial charge in [0.25, 0.3) is 5.91 Å². The van der Waals surface area contributed by atoms with Gasteiger partial charge in [-0.1, -0.05) is 54.1 Å². The molecule has 0 aliphatic carbocycles. The van der Waals surface area contributed by atoms with Gasteiger partial charge >= 0.3 is 12.0 Å². The Morgan fingerprint density at radius 3 is 2.42 bits per heavy atom. The lowest BCUT2D eigenvalue weighted by Gasteiger charge is -2.27. The van der Waals surface area contributed by atoms with Gasteiger partial charge in [-0.15, -0.1) is 0 Å². The van der Waals surface area contributed by atoms with Crippen LogP contribution in [0.2, 0.25) is 5.02 Å². The zero-order valence-electron chi connectivity index (χ0n) is 18.2. The number of halogens is 1. The van der Waals surface area contributed by atoms with Gasteiger partial charge in [-0.05, 0) is 36.1 Å². The van der Waals surface area contributed by atoms with Crippen molar-refractivity contribution in [3.8, 4) is 0 Å². The second kappa shape index (κ2) is 10.3. The maximum absolute atomic E-state index is 12.6. The largest absolute Gasteiger partial charge is 0.481 e. The summed E-state index contributed by atoms with van der Waals surface area (Å²) in [5, 5.41) is 14.9. The summed E-state index contributed by atoms with van der Waals surface area (Å²) in [5.74, 6) is -2.19. The average Bonchev–Trinajstić information content (AvgIpc) is 2.77. The number of carboxylic acid groups (broad SMARTS) is 1. The van der Waals surface area contributed by atoms with Crippen molar-refractivity contribution in [2.45, 2.75) is 31.8 Å². The zero-order valence-corrected chi connectivity index (χ0v) is 18.9. The third-order valence-corrected chi connectivity index (χ3v) is 5.70. The third kappa shape index (κ3) is 5.98. The molecule has 1 aliphatic rings. The molecule has 0 aromatic heterocycles. The van der Waals surface area contributed by atoms with Crippen LogP contribution >= 0.6 is 11.6 Å². The summed E-state index contributed by atoms with van der Waals surface area (Å²) in [5.41, 5.74) is 2.83. The van der Waals surface area contributed by atoms with Gasteiger partial charge < -0.3 is 20.6 Å². The summed E-state index contributed by atoms with van der Waals surface area (Å²) >= 11 is 6.21. The van der Waals surface area contributed by atoms with E-state index in [9.17, 15) is 24.3 Å². The van der Waals surface area contributed by atoms with Crippen LogP contribution in [-0.2, 0) is 20.8 Å². The van der Waals surface area contributed by atoms with Crippen molar-refractivity contribution in [3.05, 3.63) is 82.0 Å². The molecule has 0 spiro atoms. The molecule has 0 radical (unpaired) electrons. The van der Waals surface area contributed by atoms with Gasteiger partial charge in [0.15, 0.2) is 11.8 Å². The minimum Gasteiger partial charge on any atom is -0.481 e. The molecule has 3 N–H and O–H groups in total. The van der Waals surface area contributed by atoms with Crippen molar-refractivity contribution >= 4 is 35.3 Å². The minimum absolute atomic E-state index is 0.332. The summed E-state index contributed by atoms with van der Waals surface area (Å²) in [4.78, 5) is 49.7. The van der Waals surface area contributed by atoms with E-state index < -0.39 is 35.8 Å². The lowest BCUT2D eigenvalue weighted by molar-refractivity contribution is -0.138. The number of likely N-dealkylation sites (N-methyl/N-ethyl adjacent to an activating group) is 1. The Hall–Kier alpha value is -3.65. The topological polar surface area (TPSA) is 116 Å². The number of carbonyl (C=O) groups is 4. The van der Waals surface area contributed by atoms with Crippen molar-refractivity contribution < 1.29 is 24.3 Å². The molecule has 2 unspecified atom stereocenters. The van der Waals surface area contributed by atoms with Crippen LogP contribution < -0.4 is 10.6 Å². The number of carbonyl (C=O) groups excluding carboxylic acids is 3. The van der Waals surface area contributed by atoms with Crippen molar-refractivity contribution in [2.24, 2.45) is 0 Å². The normalized spacial score (nSPS) is 16.8. The van der Waals surface area contributed by atoms with Crippen molar-refractivity contribution in [3.63, 3.8) is 0 Å². The van der Waals surface area contributed by atoms with Gasteiger partial charge in [0, 0.05) is 23.8 Å². The van der Waals surface area contributed by atoms with Gasteiger partial charge in [-0.3, -0.25) is 14.4 Å². The van der Waals surface area contributed by atoms with E-state index in [0.29, 0.717) is 22.6 Å². The summed E-state index contributed by atoms with van der Waals surface area (Å²) in [6.45, 7) is 1.55. The maximum Gasteiger partial charge on any atom is 0.316 e. The van der Waals surface area contributed by atoms with E-state index in [0.717, 1.165) is 11.1 Å². The van der Waals surface area contributed by atoms with Crippen LogP contribution in [0.1, 0.15) is 36.1 Å². The number of nitrogens with one attached hydrogen (secondary N) is 2. The fraction of sp³-hybridized carbons (Fsp3) is 0.250. The highest BCUT2D eigenvalue weighted by Crippen LogP contribution is 2.22. The van der Waals surface area contributed by atoms with E-state index in [2.05, 4.69) is 10.6 Å². The summed E-state index contributed by atoms with van der Waals surface area (Å²) in [7, 11) is 1.49. The van der Waals surface area contributed by atoms with Gasteiger partial charge in [-0.25, -0.2) is 4.79 Å². The molecule has 0 bridgehead atoms. The number of carboxylic acids is 1. The van der Waals surface area contributed by atoms with Crippen LogP contribution in [0.3, 0.4) is 0 Å². The lowest BCUT2D eigenvalue weighted by Crippen LogP contribution is -2.56. The Labute approximate surface area is 196 Å². The number of rotatable bonds is 7. The summed E-state index contributed by atoms with van der Waals surface area (Å²) < 4.78 is 0. The molecule has 0 saturated carbocycles. The van der Waals surface area contributed by atoms with E-state index in [1.54, 1.807) is 19.1 Å². The highest BCUT2D eigenvalue weighted by molar-refractivity contribution is 6.31. The highest BCUT2D eigenvalue weighted by atomic mass is 35.5. The highest BCUT2D eigenvalue weighted by Gasteiger charge is 2.35. The number of hydrogen-bond donors (Lipinski definition) is 3. The smallest absolute Gasteiger partial charge is 0.316 e. The molecule has 8 nitrogen and oxygen atoms in total. The molecule has 0 saturated heterocycles. The number of hydrogen-bond acceptors (Lipinski definition) is 4. The minimum atomic E-state index is -1.36. The second-order valence-corrected chi connectivity index (χ2v) is 8.24. The van der Waals surface area contributed by atoms with Crippen LogP contribution in [0.25, 0.3) is 0 Å². The Balaban J connectivity index is 1.72. The molecule has 3 amide bonds. The molecule has 1 heterocycles. The van der Waals surface area contributed by atoms with Crippen LogP contribution in [0, 0.1) is 0 Å². The predicted octanol–water partition coefficient (Wildman–Crippen LogP) is 3.06. The van der Waals surface area contributed by atoms with Crippen LogP contribution in [0.4, 0.5) is 4.79 Å². The molecule has 1 aliphatic heterocycles. The third-order valence-electron chi connectivity index (χ3n) is 5.33. The summed E-state index contributed by atoms with van der Waals surface area (Å²) in [6, 6.07) is 11.6. The van der Waals surface area contributed by atoms with Crippen LogP contribution in [0.5, 0.6) is 0 Å². The zero-order chi connectivity index (χ0) is 24.1. The molecule has 2 aromatic carbocycles. The predicted molar refractivity (Wildman–Crippen MR) is 123 cm³/mol. The van der Waals surface area contributed by atoms with Gasteiger partial charge in [0.2, 0.25) is 0 Å². The van der Waals surface area contributed by atoms with E-state index in [4.69, 9.17) is 11.6 Å². The molecular formula is C24H24ClN3O5. The molecule has 9 heteroatoms. The fourth-order valence-corrected chi connectivity index (χ4v) is 3.78. The van der Waals surface area contributed by atoms with Crippen LogP contribution in [-0.4, -0.2) is 46.8 Å². The first kappa shape index (κ1) is 24.0. The number of amides is 3. The Bertz CT molecular complexity index is 1110. The standard InChI is InChI=1S/C24H24ClN3O5/c1-14-13-28(2)23(32)21(22(14)31)27-24(33)26-19(12-20(29)30)16-9-7-15(8-10-16)11-17-5-3-4-6-18(17)25/h3-10,13,19,21H,11-12H2,1-2H3,(H,29,30)(H2,26,27,33). The lowest BCUT2D eigenvalue weighted by atomic mass is 9.99. The molecule has 0 fully saturated rings. The van der Waals surface area contributed by atoms with E-state index in [1.165, 1.54) is 18.1 Å². The first-order valence-corrected chi connectivity index (χ1v) is 10.6. The molecule has 3 rings (SSSR count). The Morgan fingerprint density at radius 2 is 1.79 bits per heavy atom. The SMILES string of the molecule is CC1=CN(C)C(=O)C(NC(=O)NC(CC(=O)O)c2ccc(Cc3ccccc3Cl)cc2)C1=O. The molecule has 2 atom stereocenters. The first-order valence-electron chi connectivity index (χ1n) is 10.3. The molecule has 33 heavy (non-hydrogen) atoms. The Morgan fingerprint density at radius 1 is 1.12 bits per heavy atom. The van der Waals surface area contributed by atoms with Crippen molar-refractivity contribution in [1.82, 2.24) is 15.5 Å². The van der Waals surface area contributed by atoms with Crippen molar-refractivity contribution in [1.29, 1.82) is 0 Å². The van der Waals surface area contributed by atoms with Crippen molar-refractivity contribution in [2.75, 3.05) is 7.05 Å². The number of Topliss-reactive ketones (excluding diaryl/α,β-unsaturated/α-hetero) is 1. The molecular weight excluding hydrogens is 446 g/mol. The number of urea groups is 1. The maximum atomic E-state index is 12.6. The van der Waals surface area contributed by atoms with E-state index in [-0.39, 0.29) is 6.42 Å². The molecule has 172 valence electrons. The van der Waals surface area contributed by atoms with E-state index in [1.807, 2.05) is 36.4 Å². The quantitative estimate of drug-likeness (QED) is 0.539. The monoisotopic (exact) mass is 469 g/mol. The first-order chi connectivity index (χ1) is 15.7. The Kier molecular flexibility index (Phi) is 7.50. The summed E-state index contributed by atoms with van der Waals surface area (Å²) in [6.07, 6.45) is 1.63. The van der Waals surface area contributed by atoms with Gasteiger partial charge in [0.05, 0.1) is 12.5 Å². The number of ketones is 1. The number of nitrogens with zero attached hydrogens (tertiary/aromatic N) is 1. The second-order valence-electron chi connectivity index (χ2n) is 7.84. The molecule has 2 aromatic rings. The van der Waals surface area contributed by atoms with Gasteiger partial charge in [-0.2, -0.15) is 0 Å². The average molecular weight is 470 g/mol. The number of benzene rings is 2. The van der Waals surface area contributed by atoms with E-state index >= 15 is 0 Å². The van der Waals surface area contributed by atoms with Gasteiger partial charge in [0.1, 0.15) is 0 Å². The van der Waals surface area contributed by atoms with Crippen LogP contribution in [0.15, 0.2) is 60.3 Å². The number of aliphatic carboxylic acids is 1.